The predicted molar refractivity (Wildman–Crippen MR) is 121 cm³/mol. The Morgan fingerprint density at radius 2 is 1.63 bits per heavy atom. The Morgan fingerprint density at radius 3 is 2.17 bits per heavy atom. The van der Waals surface area contributed by atoms with Gasteiger partial charge in [0.1, 0.15) is 11.8 Å². The molecule has 2 rings (SSSR count). The molecule has 0 spiro atoms. The normalized spacial score (nSPS) is 12.2. The number of hydrogen-bond donors (Lipinski definition) is 1. The maximum Gasteiger partial charge on any atom is 0.242 e. The number of amides is 2. The number of hydrogen-bond acceptors (Lipinski definition) is 3. The second kappa shape index (κ2) is 10.2. The van der Waals surface area contributed by atoms with Crippen LogP contribution in [0.2, 0.25) is 10.0 Å². The molecule has 0 aromatic heterocycles. The topological polar surface area (TPSA) is 58.6 Å². The third kappa shape index (κ3) is 6.92. The van der Waals surface area contributed by atoms with Crippen LogP contribution in [0.5, 0.6) is 5.75 Å². The van der Waals surface area contributed by atoms with Crippen molar-refractivity contribution in [2.75, 3.05) is 7.11 Å². The number of ether oxygens (including phenoxy) is 1. The summed E-state index contributed by atoms with van der Waals surface area (Å²) in [7, 11) is 1.60. The van der Waals surface area contributed by atoms with E-state index < -0.39 is 11.6 Å². The van der Waals surface area contributed by atoms with Crippen molar-refractivity contribution in [3.63, 3.8) is 0 Å². The van der Waals surface area contributed by atoms with Crippen molar-refractivity contribution >= 4 is 35.0 Å². The smallest absolute Gasteiger partial charge is 0.242 e. The largest absolute Gasteiger partial charge is 0.497 e. The Kier molecular flexibility index (Phi) is 8.16. The molecular formula is C23H28Cl2N2O3. The van der Waals surface area contributed by atoms with Gasteiger partial charge in [0.15, 0.2) is 0 Å². The molecule has 2 aromatic carbocycles. The highest BCUT2D eigenvalue weighted by molar-refractivity contribution is 6.42. The molecule has 1 atom stereocenters. The predicted octanol–water partition coefficient (Wildman–Crippen LogP) is 4.88. The Morgan fingerprint density at radius 1 is 1.03 bits per heavy atom. The van der Waals surface area contributed by atoms with Gasteiger partial charge in [-0.1, -0.05) is 41.4 Å². The zero-order valence-corrected chi connectivity index (χ0v) is 19.5. The van der Waals surface area contributed by atoms with Crippen molar-refractivity contribution in [1.29, 1.82) is 0 Å². The zero-order chi connectivity index (χ0) is 22.5. The van der Waals surface area contributed by atoms with Crippen LogP contribution >= 0.6 is 23.2 Å². The van der Waals surface area contributed by atoms with E-state index in [9.17, 15) is 9.59 Å². The summed E-state index contributed by atoms with van der Waals surface area (Å²) in [6, 6.07) is 11.9. The van der Waals surface area contributed by atoms with Crippen LogP contribution in [-0.2, 0) is 22.6 Å². The molecule has 0 heterocycles. The first-order valence-electron chi connectivity index (χ1n) is 9.68. The molecule has 0 radical (unpaired) electrons. The molecule has 2 amide bonds. The van der Waals surface area contributed by atoms with Crippen LogP contribution in [0.15, 0.2) is 42.5 Å². The second-order valence-corrected chi connectivity index (χ2v) is 9.02. The lowest BCUT2D eigenvalue weighted by atomic mass is 10.1. The average molecular weight is 451 g/mol. The van der Waals surface area contributed by atoms with Crippen LogP contribution in [0.1, 0.15) is 38.8 Å². The number of carbonyl (C=O) groups excluding carboxylic acids is 2. The summed E-state index contributed by atoms with van der Waals surface area (Å²) in [5.41, 5.74) is 1.23. The number of rotatable bonds is 7. The Labute approximate surface area is 188 Å². The summed E-state index contributed by atoms with van der Waals surface area (Å²) in [6.45, 7) is 7.75. The number of carbonyl (C=O) groups is 2. The highest BCUT2D eigenvalue weighted by atomic mass is 35.5. The van der Waals surface area contributed by atoms with E-state index in [0.29, 0.717) is 16.6 Å². The lowest BCUT2D eigenvalue weighted by molar-refractivity contribution is -0.140. The van der Waals surface area contributed by atoms with Crippen molar-refractivity contribution in [1.82, 2.24) is 10.2 Å². The van der Waals surface area contributed by atoms with E-state index in [-0.39, 0.29) is 18.2 Å². The quantitative estimate of drug-likeness (QED) is 0.653. The molecule has 0 saturated heterocycles. The van der Waals surface area contributed by atoms with Crippen LogP contribution in [0.25, 0.3) is 0 Å². The lowest BCUT2D eigenvalue weighted by Crippen LogP contribution is -2.52. The van der Waals surface area contributed by atoms with Gasteiger partial charge in [0.05, 0.1) is 23.6 Å². The van der Waals surface area contributed by atoms with Crippen molar-refractivity contribution < 1.29 is 14.3 Å². The third-order valence-electron chi connectivity index (χ3n) is 4.52. The Balaban J connectivity index is 2.26. The van der Waals surface area contributed by atoms with E-state index in [1.54, 1.807) is 37.1 Å². The van der Waals surface area contributed by atoms with E-state index in [0.717, 1.165) is 16.9 Å². The van der Waals surface area contributed by atoms with Crippen LogP contribution in [0, 0.1) is 0 Å². The van der Waals surface area contributed by atoms with Gasteiger partial charge >= 0.3 is 0 Å². The monoisotopic (exact) mass is 450 g/mol. The van der Waals surface area contributed by atoms with Crippen molar-refractivity contribution in [2.45, 2.75) is 52.2 Å². The third-order valence-corrected chi connectivity index (χ3v) is 5.26. The van der Waals surface area contributed by atoms with Gasteiger partial charge in [-0.2, -0.15) is 0 Å². The molecule has 7 heteroatoms. The first-order valence-corrected chi connectivity index (χ1v) is 10.4. The van der Waals surface area contributed by atoms with Crippen LogP contribution < -0.4 is 10.1 Å². The van der Waals surface area contributed by atoms with Crippen molar-refractivity contribution in [2.24, 2.45) is 0 Å². The van der Waals surface area contributed by atoms with E-state index in [1.165, 1.54) is 0 Å². The van der Waals surface area contributed by atoms with E-state index in [1.807, 2.05) is 45.0 Å². The van der Waals surface area contributed by atoms with Crippen molar-refractivity contribution in [3.05, 3.63) is 63.6 Å². The fourth-order valence-electron chi connectivity index (χ4n) is 2.91. The molecule has 30 heavy (non-hydrogen) atoms. The molecule has 0 bridgehead atoms. The maximum absolute atomic E-state index is 13.2. The fourth-order valence-corrected chi connectivity index (χ4v) is 3.23. The lowest BCUT2D eigenvalue weighted by Gasteiger charge is -2.31. The number of halogens is 2. The minimum absolute atomic E-state index is 0.111. The number of nitrogens with zero attached hydrogens (tertiary/aromatic N) is 1. The fraction of sp³-hybridized carbons (Fsp3) is 0.391. The first kappa shape index (κ1) is 24.0. The van der Waals surface area contributed by atoms with E-state index in [2.05, 4.69) is 5.32 Å². The maximum atomic E-state index is 13.2. The number of benzene rings is 2. The molecule has 0 aliphatic heterocycles. The Hall–Kier alpha value is -2.24. The van der Waals surface area contributed by atoms with Gasteiger partial charge in [-0.15, -0.1) is 0 Å². The molecule has 162 valence electrons. The summed E-state index contributed by atoms with van der Waals surface area (Å²) in [5.74, 6) is 0.338. The molecule has 5 nitrogen and oxygen atoms in total. The number of nitrogens with one attached hydrogen (secondary N) is 1. The molecular weight excluding hydrogens is 423 g/mol. The summed E-state index contributed by atoms with van der Waals surface area (Å²) in [5, 5.41) is 3.77. The van der Waals surface area contributed by atoms with Gasteiger partial charge in [0, 0.05) is 12.1 Å². The molecule has 1 N–H and O–H groups in total. The van der Waals surface area contributed by atoms with Gasteiger partial charge in [-0.25, -0.2) is 0 Å². The highest BCUT2D eigenvalue weighted by Crippen LogP contribution is 2.23. The molecule has 0 aliphatic rings. The SMILES string of the molecule is COc1ccc(CN(C(=O)Cc2ccc(Cl)c(Cl)c2)C(C)C(=O)NC(C)(C)C)cc1. The van der Waals surface area contributed by atoms with Gasteiger partial charge in [0.2, 0.25) is 11.8 Å². The van der Waals surface area contributed by atoms with Gasteiger partial charge in [-0.3, -0.25) is 9.59 Å². The summed E-state index contributed by atoms with van der Waals surface area (Å²) in [4.78, 5) is 27.6. The Bertz CT molecular complexity index is 892. The van der Waals surface area contributed by atoms with Crippen LogP contribution in [0.3, 0.4) is 0 Å². The minimum atomic E-state index is -0.651. The molecule has 0 fully saturated rings. The highest BCUT2D eigenvalue weighted by Gasteiger charge is 2.28. The van der Waals surface area contributed by atoms with E-state index in [4.69, 9.17) is 27.9 Å². The first-order chi connectivity index (χ1) is 14.0. The summed E-state index contributed by atoms with van der Waals surface area (Å²) >= 11 is 12.1. The molecule has 1 unspecified atom stereocenters. The summed E-state index contributed by atoms with van der Waals surface area (Å²) < 4.78 is 5.19. The van der Waals surface area contributed by atoms with Crippen LogP contribution in [0.4, 0.5) is 0 Å². The standard InChI is InChI=1S/C23H28Cl2N2O3/c1-15(22(29)26-23(2,3)4)27(14-16-6-9-18(30-5)10-7-16)21(28)13-17-8-11-19(24)20(25)12-17/h6-12,15H,13-14H2,1-5H3,(H,26,29). The second-order valence-electron chi connectivity index (χ2n) is 8.21. The van der Waals surface area contributed by atoms with Crippen molar-refractivity contribution in [3.8, 4) is 5.75 Å². The minimum Gasteiger partial charge on any atom is -0.497 e. The van der Waals surface area contributed by atoms with Crippen LogP contribution in [-0.4, -0.2) is 35.4 Å². The van der Waals surface area contributed by atoms with Gasteiger partial charge in [0.25, 0.3) is 0 Å². The van der Waals surface area contributed by atoms with Gasteiger partial charge < -0.3 is 15.0 Å². The average Bonchev–Trinajstić information content (AvgIpc) is 2.67. The molecule has 0 saturated carbocycles. The molecule has 2 aromatic rings. The number of methoxy groups -OCH3 is 1. The van der Waals surface area contributed by atoms with Gasteiger partial charge in [-0.05, 0) is 63.1 Å². The van der Waals surface area contributed by atoms with E-state index >= 15 is 0 Å². The summed E-state index contributed by atoms with van der Waals surface area (Å²) in [6.07, 6.45) is 0.111. The zero-order valence-electron chi connectivity index (χ0n) is 18.0. The molecule has 0 aliphatic carbocycles.